The number of alkyl halides is 3. The number of carbonyl (C=O) groups excluding carboxylic acids is 1. The van der Waals surface area contributed by atoms with Gasteiger partial charge in [-0.15, -0.1) is 0 Å². The minimum absolute atomic E-state index is 0.184. The van der Waals surface area contributed by atoms with E-state index in [0.29, 0.717) is 17.9 Å². The number of amides is 1. The van der Waals surface area contributed by atoms with Crippen molar-refractivity contribution >= 4 is 5.91 Å². The maximum absolute atomic E-state index is 12.0. The van der Waals surface area contributed by atoms with E-state index < -0.39 is 24.8 Å². The molecule has 1 heterocycles. The molecule has 0 aromatic heterocycles. The van der Waals surface area contributed by atoms with Crippen LogP contribution in [0, 0.1) is 0 Å². The molecule has 0 unspecified atom stereocenters. The molecule has 5 nitrogen and oxygen atoms in total. The quantitative estimate of drug-likeness (QED) is 0.872. The second-order valence-electron chi connectivity index (χ2n) is 4.80. The largest absolute Gasteiger partial charge is 0.454 e. The van der Waals surface area contributed by atoms with Crippen molar-refractivity contribution in [2.24, 2.45) is 0 Å². The van der Waals surface area contributed by atoms with Crippen LogP contribution in [-0.2, 0) is 16.0 Å². The molecule has 1 aliphatic rings. The van der Waals surface area contributed by atoms with E-state index in [1.54, 1.807) is 12.1 Å². The van der Waals surface area contributed by atoms with Crippen LogP contribution < -0.4 is 14.8 Å². The van der Waals surface area contributed by atoms with Gasteiger partial charge in [0.2, 0.25) is 12.7 Å². The van der Waals surface area contributed by atoms with Crippen LogP contribution in [0.4, 0.5) is 13.2 Å². The number of hydrogen-bond donors (Lipinski definition) is 1. The lowest BCUT2D eigenvalue weighted by atomic mass is 10.1. The minimum Gasteiger partial charge on any atom is -0.454 e. The molecule has 1 aromatic rings. The van der Waals surface area contributed by atoms with Crippen LogP contribution in [-0.4, -0.2) is 38.1 Å². The number of nitrogens with one attached hydrogen (secondary N) is 1. The molecule has 0 saturated carbocycles. The predicted octanol–water partition coefficient (Wildman–Crippen LogP) is 2.04. The first-order valence-electron chi connectivity index (χ1n) is 6.70. The Bertz CT molecular complexity index is 533. The zero-order chi connectivity index (χ0) is 16.2. The number of hydrogen-bond acceptors (Lipinski definition) is 4. The van der Waals surface area contributed by atoms with Gasteiger partial charge in [0.1, 0.15) is 12.7 Å². The summed E-state index contributed by atoms with van der Waals surface area (Å²) in [7, 11) is 0. The number of ether oxygens (including phenoxy) is 3. The van der Waals surface area contributed by atoms with Crippen molar-refractivity contribution in [2.45, 2.75) is 25.6 Å². The van der Waals surface area contributed by atoms with E-state index in [1.165, 1.54) is 6.92 Å². The molecular formula is C14H16F3NO4. The van der Waals surface area contributed by atoms with Gasteiger partial charge in [-0.05, 0) is 31.0 Å². The van der Waals surface area contributed by atoms with Crippen molar-refractivity contribution in [2.75, 3.05) is 19.9 Å². The molecule has 1 amide bonds. The topological polar surface area (TPSA) is 56.8 Å². The molecule has 1 aliphatic heterocycles. The van der Waals surface area contributed by atoms with E-state index in [0.717, 1.165) is 5.56 Å². The molecule has 0 bridgehead atoms. The molecule has 0 radical (unpaired) electrons. The van der Waals surface area contributed by atoms with Gasteiger partial charge in [0.15, 0.2) is 11.5 Å². The fourth-order valence-electron chi connectivity index (χ4n) is 1.87. The van der Waals surface area contributed by atoms with Gasteiger partial charge in [0.05, 0.1) is 0 Å². The average molecular weight is 319 g/mol. The third kappa shape index (κ3) is 4.80. The summed E-state index contributed by atoms with van der Waals surface area (Å²) in [5, 5.41) is 2.53. The first-order valence-corrected chi connectivity index (χ1v) is 6.70. The summed E-state index contributed by atoms with van der Waals surface area (Å²) in [5.74, 6) is 0.734. The van der Waals surface area contributed by atoms with Crippen LogP contribution in [0.5, 0.6) is 11.5 Å². The third-order valence-corrected chi connectivity index (χ3v) is 3.02. The van der Waals surface area contributed by atoms with Crippen molar-refractivity contribution in [1.82, 2.24) is 5.32 Å². The Labute approximate surface area is 125 Å². The van der Waals surface area contributed by atoms with Gasteiger partial charge in [-0.1, -0.05) is 6.07 Å². The third-order valence-electron chi connectivity index (χ3n) is 3.02. The van der Waals surface area contributed by atoms with Crippen LogP contribution >= 0.6 is 0 Å². The highest BCUT2D eigenvalue weighted by atomic mass is 19.4. The zero-order valence-corrected chi connectivity index (χ0v) is 11.9. The van der Waals surface area contributed by atoms with Crippen molar-refractivity contribution in [3.8, 4) is 11.5 Å². The lowest BCUT2D eigenvalue weighted by molar-refractivity contribution is -0.185. The van der Waals surface area contributed by atoms with E-state index in [-0.39, 0.29) is 13.3 Å². The number of rotatable bonds is 6. The molecule has 0 fully saturated rings. The second-order valence-corrected chi connectivity index (χ2v) is 4.80. The first-order chi connectivity index (χ1) is 10.3. The summed E-state index contributed by atoms with van der Waals surface area (Å²) < 4.78 is 50.8. The number of carbonyl (C=O) groups is 1. The van der Waals surface area contributed by atoms with Crippen LogP contribution in [0.25, 0.3) is 0 Å². The maximum atomic E-state index is 12.0. The van der Waals surface area contributed by atoms with Gasteiger partial charge >= 0.3 is 6.18 Å². The van der Waals surface area contributed by atoms with E-state index >= 15 is 0 Å². The van der Waals surface area contributed by atoms with Crippen molar-refractivity contribution < 1.29 is 32.2 Å². The Hall–Kier alpha value is -1.96. The summed E-state index contributed by atoms with van der Waals surface area (Å²) in [6.45, 7) is 0.313. The molecule has 1 atom stereocenters. The Morgan fingerprint density at radius 2 is 2.09 bits per heavy atom. The van der Waals surface area contributed by atoms with E-state index in [9.17, 15) is 18.0 Å². The molecule has 1 N–H and O–H groups in total. The normalized spacial score (nSPS) is 14.7. The highest BCUT2D eigenvalue weighted by Gasteiger charge is 2.29. The molecule has 22 heavy (non-hydrogen) atoms. The Balaban J connectivity index is 1.72. The van der Waals surface area contributed by atoms with Crippen LogP contribution in [0.2, 0.25) is 0 Å². The SMILES string of the molecule is C[C@@H](OCC(F)(F)F)C(=O)NCCc1ccc2c(c1)OCO2. The van der Waals surface area contributed by atoms with Gasteiger partial charge in [-0.2, -0.15) is 13.2 Å². The fourth-order valence-corrected chi connectivity index (χ4v) is 1.87. The minimum atomic E-state index is -4.44. The van der Waals surface area contributed by atoms with Crippen LogP contribution in [0.1, 0.15) is 12.5 Å². The van der Waals surface area contributed by atoms with Gasteiger partial charge in [0, 0.05) is 6.54 Å². The van der Waals surface area contributed by atoms with E-state index in [1.807, 2.05) is 6.07 Å². The molecule has 0 aliphatic carbocycles. The molecule has 0 spiro atoms. The summed E-state index contributed by atoms with van der Waals surface area (Å²) >= 11 is 0. The Morgan fingerprint density at radius 1 is 1.36 bits per heavy atom. The molecule has 0 saturated heterocycles. The summed E-state index contributed by atoms with van der Waals surface area (Å²) in [6.07, 6.45) is -5.08. The standard InChI is InChI=1S/C14H16F3NO4/c1-9(20-7-14(15,16)17)13(19)18-5-4-10-2-3-11-12(6-10)22-8-21-11/h2-3,6,9H,4-5,7-8H2,1H3,(H,18,19)/t9-/m1/s1. The lowest BCUT2D eigenvalue weighted by Gasteiger charge is -2.14. The van der Waals surface area contributed by atoms with Crippen LogP contribution in [0.15, 0.2) is 18.2 Å². The molecule has 1 aromatic carbocycles. The molecular weight excluding hydrogens is 303 g/mol. The number of benzene rings is 1. The van der Waals surface area contributed by atoms with E-state index in [4.69, 9.17) is 9.47 Å². The summed E-state index contributed by atoms with van der Waals surface area (Å²) in [6, 6.07) is 5.41. The van der Waals surface area contributed by atoms with Gasteiger partial charge in [0.25, 0.3) is 0 Å². The Kier molecular flexibility index (Phi) is 5.12. The summed E-state index contributed by atoms with van der Waals surface area (Å²) in [5.41, 5.74) is 0.924. The molecule has 8 heteroatoms. The van der Waals surface area contributed by atoms with Crippen LogP contribution in [0.3, 0.4) is 0 Å². The van der Waals surface area contributed by atoms with Gasteiger partial charge in [-0.3, -0.25) is 4.79 Å². The van der Waals surface area contributed by atoms with E-state index in [2.05, 4.69) is 10.1 Å². The fraction of sp³-hybridized carbons (Fsp3) is 0.500. The highest BCUT2D eigenvalue weighted by Crippen LogP contribution is 2.32. The van der Waals surface area contributed by atoms with Crippen molar-refractivity contribution in [1.29, 1.82) is 0 Å². The summed E-state index contributed by atoms with van der Waals surface area (Å²) in [4.78, 5) is 11.6. The number of halogens is 3. The molecule has 2 rings (SSSR count). The van der Waals surface area contributed by atoms with Gasteiger partial charge < -0.3 is 19.5 Å². The van der Waals surface area contributed by atoms with Crippen molar-refractivity contribution in [3.63, 3.8) is 0 Å². The Morgan fingerprint density at radius 3 is 2.82 bits per heavy atom. The molecule has 122 valence electrons. The predicted molar refractivity (Wildman–Crippen MR) is 70.7 cm³/mol. The van der Waals surface area contributed by atoms with Crippen molar-refractivity contribution in [3.05, 3.63) is 23.8 Å². The first kappa shape index (κ1) is 16.4. The second kappa shape index (κ2) is 6.87. The highest BCUT2D eigenvalue weighted by molar-refractivity contribution is 5.80. The zero-order valence-electron chi connectivity index (χ0n) is 11.9. The lowest BCUT2D eigenvalue weighted by Crippen LogP contribution is -2.37. The monoisotopic (exact) mass is 319 g/mol. The smallest absolute Gasteiger partial charge is 0.411 e. The number of fused-ring (bicyclic) bond motifs is 1. The maximum Gasteiger partial charge on any atom is 0.411 e. The van der Waals surface area contributed by atoms with Gasteiger partial charge in [-0.25, -0.2) is 0 Å². The average Bonchev–Trinajstić information content (AvgIpc) is 2.91.